The summed E-state index contributed by atoms with van der Waals surface area (Å²) in [4.78, 5) is 42.3. The highest BCUT2D eigenvalue weighted by Gasteiger charge is 2.44. The highest BCUT2D eigenvalue weighted by molar-refractivity contribution is 6.31. The molecule has 1 heterocycles. The zero-order valence-electron chi connectivity index (χ0n) is 19.5. The van der Waals surface area contributed by atoms with Crippen molar-refractivity contribution >= 4 is 40.8 Å². The predicted molar refractivity (Wildman–Crippen MR) is 136 cm³/mol. The molecule has 0 aromatic heterocycles. The third-order valence-corrected chi connectivity index (χ3v) is 6.18. The minimum Gasteiger partial charge on any atom is -0.496 e. The van der Waals surface area contributed by atoms with E-state index in [4.69, 9.17) is 16.3 Å². The number of rotatable bonds is 7. The molecule has 0 unspecified atom stereocenters. The first-order valence-electron chi connectivity index (χ1n) is 11.3. The quantitative estimate of drug-likeness (QED) is 0.468. The fourth-order valence-electron chi connectivity index (χ4n) is 4.14. The fraction of sp³-hybridized carbons (Fsp3) is 0.222. The normalized spacial score (nSPS) is 15.3. The summed E-state index contributed by atoms with van der Waals surface area (Å²) in [6, 6.07) is 20.0. The lowest BCUT2D eigenvalue weighted by molar-refractivity contribution is -0.122. The van der Waals surface area contributed by atoms with E-state index in [-0.39, 0.29) is 18.9 Å². The third-order valence-electron chi connectivity index (χ3n) is 5.94. The second kappa shape index (κ2) is 10.6. The van der Waals surface area contributed by atoms with E-state index in [1.165, 1.54) is 4.90 Å². The Morgan fingerprint density at radius 3 is 2.54 bits per heavy atom. The van der Waals surface area contributed by atoms with Gasteiger partial charge >= 0.3 is 6.03 Å². The Morgan fingerprint density at radius 1 is 1.09 bits per heavy atom. The van der Waals surface area contributed by atoms with Crippen molar-refractivity contribution in [3.63, 3.8) is 0 Å². The van der Waals surface area contributed by atoms with E-state index >= 15 is 0 Å². The Kier molecular flexibility index (Phi) is 7.36. The number of imide groups is 1. The second-order valence-electron chi connectivity index (χ2n) is 8.32. The van der Waals surface area contributed by atoms with Gasteiger partial charge in [0, 0.05) is 17.3 Å². The van der Waals surface area contributed by atoms with Crippen LogP contribution in [0.25, 0.3) is 0 Å². The molecule has 3 aromatic rings. The molecule has 8 heteroatoms. The number of amides is 4. The van der Waals surface area contributed by atoms with Crippen molar-refractivity contribution in [2.75, 3.05) is 23.9 Å². The number of para-hydroxylation sites is 1. The number of methoxy groups -OCH3 is 1. The van der Waals surface area contributed by atoms with Crippen molar-refractivity contribution in [2.24, 2.45) is 0 Å². The molecule has 0 spiro atoms. The molecule has 1 fully saturated rings. The number of aryl methyl sites for hydroxylation is 1. The molecule has 1 aliphatic heterocycles. The minimum atomic E-state index is -0.933. The van der Waals surface area contributed by atoms with Crippen LogP contribution in [0.15, 0.2) is 72.8 Å². The number of benzene rings is 3. The van der Waals surface area contributed by atoms with E-state index < -0.39 is 18.0 Å². The molecule has 0 radical (unpaired) electrons. The van der Waals surface area contributed by atoms with Gasteiger partial charge in [0.2, 0.25) is 5.91 Å². The molecule has 1 saturated heterocycles. The van der Waals surface area contributed by atoms with Gasteiger partial charge in [0.15, 0.2) is 0 Å². The van der Waals surface area contributed by atoms with Gasteiger partial charge in [-0.2, -0.15) is 0 Å². The molecule has 35 heavy (non-hydrogen) atoms. The van der Waals surface area contributed by atoms with Crippen molar-refractivity contribution < 1.29 is 19.1 Å². The number of ether oxygens (including phenoxy) is 1. The van der Waals surface area contributed by atoms with Crippen molar-refractivity contribution in [3.8, 4) is 5.75 Å². The van der Waals surface area contributed by atoms with E-state index in [1.54, 1.807) is 43.5 Å². The van der Waals surface area contributed by atoms with Crippen LogP contribution in [0, 0.1) is 6.92 Å². The van der Waals surface area contributed by atoms with Gasteiger partial charge in [-0.3, -0.25) is 9.59 Å². The van der Waals surface area contributed by atoms with Crippen molar-refractivity contribution in [2.45, 2.75) is 25.8 Å². The maximum atomic E-state index is 13.4. The number of urea groups is 1. The zero-order chi connectivity index (χ0) is 24.9. The van der Waals surface area contributed by atoms with Crippen LogP contribution >= 0.6 is 11.6 Å². The first-order valence-corrected chi connectivity index (χ1v) is 11.6. The second-order valence-corrected chi connectivity index (χ2v) is 8.76. The molecule has 1 aliphatic rings. The van der Waals surface area contributed by atoms with Gasteiger partial charge in [-0.15, -0.1) is 0 Å². The Balaban J connectivity index is 1.61. The zero-order valence-corrected chi connectivity index (χ0v) is 20.3. The Bertz CT molecular complexity index is 1250. The molecule has 4 amide bonds. The maximum Gasteiger partial charge on any atom is 0.322 e. The topological polar surface area (TPSA) is 79.0 Å². The van der Waals surface area contributed by atoms with Crippen LogP contribution in [-0.2, 0) is 16.0 Å². The fourth-order valence-corrected chi connectivity index (χ4v) is 4.33. The highest BCUT2D eigenvalue weighted by atomic mass is 35.5. The van der Waals surface area contributed by atoms with Crippen LogP contribution in [-0.4, -0.2) is 42.4 Å². The number of carbonyl (C=O) groups excluding carboxylic acids is 3. The molecular formula is C27H26ClN3O4. The van der Waals surface area contributed by atoms with Crippen LogP contribution in [0.1, 0.15) is 17.5 Å². The number of nitrogens with one attached hydrogen (secondary N) is 1. The van der Waals surface area contributed by atoms with Gasteiger partial charge in [0.1, 0.15) is 11.8 Å². The van der Waals surface area contributed by atoms with Crippen molar-refractivity contribution in [1.82, 2.24) is 4.90 Å². The largest absolute Gasteiger partial charge is 0.496 e. The van der Waals surface area contributed by atoms with Gasteiger partial charge < -0.3 is 15.0 Å². The SMILES string of the molecule is COc1ccccc1CCN(C(=O)Nc1cccc(Cl)c1)[C@@H]1CC(=O)N(c2ccc(C)cc2)C1=O. The number of anilines is 2. The summed E-state index contributed by atoms with van der Waals surface area (Å²) in [5.41, 5.74) is 2.90. The lowest BCUT2D eigenvalue weighted by Gasteiger charge is -2.28. The van der Waals surface area contributed by atoms with Crippen molar-refractivity contribution in [3.05, 3.63) is 88.9 Å². The minimum absolute atomic E-state index is 0.0956. The van der Waals surface area contributed by atoms with E-state index in [9.17, 15) is 14.4 Å². The predicted octanol–water partition coefficient (Wildman–Crippen LogP) is 5.07. The lowest BCUT2D eigenvalue weighted by Crippen LogP contribution is -2.48. The molecule has 0 saturated carbocycles. The average molecular weight is 492 g/mol. The average Bonchev–Trinajstić information content (AvgIpc) is 3.13. The molecular weight excluding hydrogens is 466 g/mol. The number of nitrogens with zero attached hydrogens (tertiary/aromatic N) is 2. The Hall–Kier alpha value is -3.84. The first-order chi connectivity index (χ1) is 16.9. The van der Waals surface area contributed by atoms with Gasteiger partial charge in [-0.1, -0.05) is 53.6 Å². The summed E-state index contributed by atoms with van der Waals surface area (Å²) in [5, 5.41) is 3.28. The summed E-state index contributed by atoms with van der Waals surface area (Å²) >= 11 is 6.07. The number of hydrogen-bond donors (Lipinski definition) is 1. The van der Waals surface area contributed by atoms with Crippen LogP contribution in [0.4, 0.5) is 16.2 Å². The number of hydrogen-bond acceptors (Lipinski definition) is 4. The summed E-state index contributed by atoms with van der Waals surface area (Å²) in [6.45, 7) is 2.14. The standard InChI is InChI=1S/C27H26ClN3O4/c1-18-10-12-22(13-11-18)31-25(32)17-23(26(31)33)30(15-14-19-6-3-4-9-24(19)35-2)27(34)29-21-8-5-7-20(28)16-21/h3-13,16,23H,14-15,17H2,1-2H3,(H,29,34)/t23-/m1/s1. The molecule has 0 aliphatic carbocycles. The Morgan fingerprint density at radius 2 is 1.83 bits per heavy atom. The monoisotopic (exact) mass is 491 g/mol. The molecule has 0 bridgehead atoms. The highest BCUT2D eigenvalue weighted by Crippen LogP contribution is 2.28. The number of halogens is 1. The van der Waals surface area contributed by atoms with Gasteiger partial charge in [0.05, 0.1) is 19.2 Å². The molecule has 180 valence electrons. The maximum absolute atomic E-state index is 13.4. The summed E-state index contributed by atoms with van der Waals surface area (Å²) < 4.78 is 5.43. The van der Waals surface area contributed by atoms with E-state index in [2.05, 4.69) is 5.32 Å². The van der Waals surface area contributed by atoms with Gasteiger partial charge in [0.25, 0.3) is 5.91 Å². The molecule has 1 N–H and O–H groups in total. The van der Waals surface area contributed by atoms with Crippen LogP contribution in [0.5, 0.6) is 5.75 Å². The number of carbonyl (C=O) groups is 3. The summed E-state index contributed by atoms with van der Waals surface area (Å²) in [6.07, 6.45) is 0.344. The van der Waals surface area contributed by atoms with Gasteiger partial charge in [-0.05, 0) is 55.3 Å². The molecule has 3 aromatic carbocycles. The summed E-state index contributed by atoms with van der Waals surface area (Å²) in [7, 11) is 1.58. The van der Waals surface area contributed by atoms with E-state index in [0.29, 0.717) is 28.6 Å². The van der Waals surface area contributed by atoms with Crippen LogP contribution in [0.2, 0.25) is 5.02 Å². The van der Waals surface area contributed by atoms with E-state index in [1.807, 2.05) is 43.3 Å². The van der Waals surface area contributed by atoms with Crippen molar-refractivity contribution in [1.29, 1.82) is 0 Å². The van der Waals surface area contributed by atoms with Gasteiger partial charge in [-0.25, -0.2) is 9.69 Å². The third kappa shape index (κ3) is 5.46. The lowest BCUT2D eigenvalue weighted by atomic mass is 10.1. The van der Waals surface area contributed by atoms with E-state index in [0.717, 1.165) is 16.0 Å². The molecule has 4 rings (SSSR count). The molecule has 1 atom stereocenters. The van der Waals surface area contributed by atoms with Crippen LogP contribution in [0.3, 0.4) is 0 Å². The smallest absolute Gasteiger partial charge is 0.322 e. The summed E-state index contributed by atoms with van der Waals surface area (Å²) in [5.74, 6) is -0.0837. The molecule has 7 nitrogen and oxygen atoms in total. The van der Waals surface area contributed by atoms with Crippen LogP contribution < -0.4 is 15.0 Å². The Labute approximate surface area is 209 Å². The first kappa shape index (κ1) is 24.3.